The van der Waals surface area contributed by atoms with Crippen LogP contribution in [0.4, 0.5) is 24.7 Å². The van der Waals surface area contributed by atoms with Gasteiger partial charge in [-0.1, -0.05) is 17.7 Å². The zero-order valence-corrected chi connectivity index (χ0v) is 17.4. The number of anilines is 2. The zero-order chi connectivity index (χ0) is 21.5. The largest absolute Gasteiger partial charge is 0.370 e. The van der Waals surface area contributed by atoms with Crippen molar-refractivity contribution >= 4 is 33.1 Å². The van der Waals surface area contributed by atoms with E-state index in [4.69, 9.17) is 11.6 Å². The zero-order valence-electron chi connectivity index (χ0n) is 15.8. The van der Waals surface area contributed by atoms with E-state index in [0.29, 0.717) is 25.0 Å². The van der Waals surface area contributed by atoms with Crippen LogP contribution in [0.25, 0.3) is 0 Å². The summed E-state index contributed by atoms with van der Waals surface area (Å²) in [5.41, 5.74) is 0.120. The molecule has 0 spiro atoms. The highest BCUT2D eigenvalue weighted by molar-refractivity contribution is 7.92. The van der Waals surface area contributed by atoms with Crippen LogP contribution in [-0.2, 0) is 10.0 Å². The molecule has 2 N–H and O–H groups in total. The van der Waals surface area contributed by atoms with Crippen LogP contribution in [0.1, 0.15) is 19.3 Å². The van der Waals surface area contributed by atoms with Crippen LogP contribution in [0.2, 0.25) is 5.02 Å². The van der Waals surface area contributed by atoms with Gasteiger partial charge in [0.2, 0.25) is 5.95 Å². The molecule has 1 aromatic carbocycles. The molecule has 0 unspecified atom stereocenters. The minimum absolute atomic E-state index is 0.120. The van der Waals surface area contributed by atoms with Gasteiger partial charge in [-0.2, -0.15) is 4.39 Å². The molecule has 3 heterocycles. The summed E-state index contributed by atoms with van der Waals surface area (Å²) in [6.45, 7) is 2.11. The minimum atomic E-state index is -4.72. The molecule has 30 heavy (non-hydrogen) atoms. The number of nitrogens with zero attached hydrogens (tertiary/aromatic N) is 2. The number of benzene rings is 1. The highest BCUT2D eigenvalue weighted by Crippen LogP contribution is 2.38. The maximum atomic E-state index is 14.9. The van der Waals surface area contributed by atoms with E-state index in [1.54, 1.807) is 4.90 Å². The normalized spacial score (nSPS) is 21.9. The van der Waals surface area contributed by atoms with E-state index in [-0.39, 0.29) is 5.69 Å². The molecule has 162 valence electrons. The Morgan fingerprint density at radius 1 is 1.23 bits per heavy atom. The summed E-state index contributed by atoms with van der Waals surface area (Å²) in [7, 11) is -4.72. The smallest absolute Gasteiger partial charge is 0.268 e. The Bertz CT molecular complexity index is 1060. The third-order valence-corrected chi connectivity index (χ3v) is 7.30. The topological polar surface area (TPSA) is 74.3 Å². The van der Waals surface area contributed by atoms with E-state index < -0.39 is 43.3 Å². The van der Waals surface area contributed by atoms with Crippen LogP contribution in [0.15, 0.2) is 29.2 Å². The molecule has 2 aliphatic heterocycles. The van der Waals surface area contributed by atoms with Gasteiger partial charge in [-0.3, -0.25) is 4.72 Å². The summed E-state index contributed by atoms with van der Waals surface area (Å²) in [6, 6.07) is 4.68. The van der Waals surface area contributed by atoms with E-state index in [0.717, 1.165) is 44.0 Å². The van der Waals surface area contributed by atoms with Crippen LogP contribution in [0.5, 0.6) is 0 Å². The Balaban J connectivity index is 1.61. The average molecular weight is 461 g/mol. The van der Waals surface area contributed by atoms with E-state index in [1.807, 2.05) is 4.72 Å². The van der Waals surface area contributed by atoms with Crippen molar-refractivity contribution in [3.8, 4) is 0 Å². The fourth-order valence-corrected chi connectivity index (χ4v) is 5.61. The summed E-state index contributed by atoms with van der Waals surface area (Å²) in [4.78, 5) is 3.89. The van der Waals surface area contributed by atoms with Gasteiger partial charge in [0.15, 0.2) is 10.7 Å². The predicted octanol–water partition coefficient (Wildman–Crippen LogP) is 3.53. The van der Waals surface area contributed by atoms with E-state index in [2.05, 4.69) is 10.3 Å². The predicted molar refractivity (Wildman–Crippen MR) is 108 cm³/mol. The van der Waals surface area contributed by atoms with Crippen molar-refractivity contribution < 1.29 is 21.6 Å². The van der Waals surface area contributed by atoms with Crippen molar-refractivity contribution in [3.63, 3.8) is 0 Å². The van der Waals surface area contributed by atoms with Gasteiger partial charge in [-0.25, -0.2) is 22.2 Å². The molecule has 4 rings (SSSR count). The number of halogens is 4. The molecular weight excluding hydrogens is 441 g/mol. The van der Waals surface area contributed by atoms with E-state index in [1.165, 1.54) is 6.07 Å². The fraction of sp³-hybridized carbons (Fsp3) is 0.421. The Morgan fingerprint density at radius 3 is 2.73 bits per heavy atom. The Hall–Kier alpha value is -2.04. The second kappa shape index (κ2) is 8.24. The number of hydrogen-bond donors (Lipinski definition) is 2. The molecule has 6 nitrogen and oxygen atoms in total. The molecule has 2 fully saturated rings. The van der Waals surface area contributed by atoms with Crippen molar-refractivity contribution in [3.05, 3.63) is 46.9 Å². The second-order valence-corrected chi connectivity index (χ2v) is 9.48. The van der Waals surface area contributed by atoms with Crippen LogP contribution in [0, 0.1) is 23.5 Å². The maximum absolute atomic E-state index is 14.9. The lowest BCUT2D eigenvalue weighted by molar-refractivity contribution is 0.422. The number of aromatic nitrogens is 1. The molecule has 2 aromatic rings. The first-order valence-corrected chi connectivity index (χ1v) is 11.4. The van der Waals surface area contributed by atoms with Crippen molar-refractivity contribution in [2.24, 2.45) is 5.92 Å². The SMILES string of the molecule is O=S(=O)(Nc1cccc(F)n1)c1c(F)cc(N2CC[C@@H]([C@@H]3CCCN3)C2)c(Cl)c1F. The Labute approximate surface area is 177 Å². The molecule has 2 atom stereocenters. The quantitative estimate of drug-likeness (QED) is 0.527. The summed E-state index contributed by atoms with van der Waals surface area (Å²) >= 11 is 6.13. The molecule has 11 heteroatoms. The third-order valence-electron chi connectivity index (χ3n) is 5.55. The van der Waals surface area contributed by atoms with Crippen molar-refractivity contribution in [2.45, 2.75) is 30.2 Å². The summed E-state index contributed by atoms with van der Waals surface area (Å²) < 4.78 is 69.8. The van der Waals surface area contributed by atoms with Gasteiger partial charge in [-0.05, 0) is 43.9 Å². The summed E-state index contributed by atoms with van der Waals surface area (Å²) in [6.07, 6.45) is 3.01. The molecule has 1 aromatic heterocycles. The van der Waals surface area contributed by atoms with Crippen molar-refractivity contribution in [1.29, 1.82) is 0 Å². The molecule has 0 aliphatic carbocycles. The molecule has 0 amide bonds. The van der Waals surface area contributed by atoms with Gasteiger partial charge in [0, 0.05) is 25.2 Å². The van der Waals surface area contributed by atoms with Gasteiger partial charge in [0.25, 0.3) is 10.0 Å². The molecule has 0 radical (unpaired) electrons. The highest BCUT2D eigenvalue weighted by atomic mass is 35.5. The first kappa shape index (κ1) is 21.2. The lowest BCUT2D eigenvalue weighted by atomic mass is 9.98. The van der Waals surface area contributed by atoms with Crippen molar-refractivity contribution in [1.82, 2.24) is 10.3 Å². The minimum Gasteiger partial charge on any atom is -0.370 e. The van der Waals surface area contributed by atoms with Crippen LogP contribution < -0.4 is 14.9 Å². The number of pyridine rings is 1. The van der Waals surface area contributed by atoms with E-state index in [9.17, 15) is 21.6 Å². The van der Waals surface area contributed by atoms with Crippen molar-refractivity contribution in [2.75, 3.05) is 29.3 Å². The van der Waals surface area contributed by atoms with Gasteiger partial charge in [-0.15, -0.1) is 0 Å². The number of nitrogens with one attached hydrogen (secondary N) is 2. The van der Waals surface area contributed by atoms with Crippen LogP contribution in [0.3, 0.4) is 0 Å². The monoisotopic (exact) mass is 460 g/mol. The van der Waals surface area contributed by atoms with Gasteiger partial charge < -0.3 is 10.2 Å². The average Bonchev–Trinajstić information content (AvgIpc) is 3.35. The highest BCUT2D eigenvalue weighted by Gasteiger charge is 2.35. The Kier molecular flexibility index (Phi) is 5.82. The second-order valence-electron chi connectivity index (χ2n) is 7.48. The van der Waals surface area contributed by atoms with Gasteiger partial charge in [0.1, 0.15) is 16.7 Å². The first-order chi connectivity index (χ1) is 14.3. The van der Waals surface area contributed by atoms with Gasteiger partial charge in [0.05, 0.1) is 5.69 Å². The molecule has 2 aliphatic rings. The molecule has 2 saturated heterocycles. The number of sulfonamides is 1. The first-order valence-electron chi connectivity index (χ1n) is 9.57. The molecule has 0 saturated carbocycles. The lowest BCUT2D eigenvalue weighted by Crippen LogP contribution is -2.32. The van der Waals surface area contributed by atoms with Crippen LogP contribution in [-0.4, -0.2) is 39.1 Å². The fourth-order valence-electron chi connectivity index (χ4n) is 4.14. The number of hydrogen-bond acceptors (Lipinski definition) is 5. The Morgan fingerprint density at radius 2 is 2.03 bits per heavy atom. The summed E-state index contributed by atoms with van der Waals surface area (Å²) in [5.74, 6) is -3.68. The maximum Gasteiger partial charge on any atom is 0.268 e. The van der Waals surface area contributed by atoms with E-state index >= 15 is 0 Å². The third kappa shape index (κ3) is 4.08. The molecular formula is C19H20ClF3N4O2S. The molecule has 0 bridgehead atoms. The van der Waals surface area contributed by atoms with Gasteiger partial charge >= 0.3 is 0 Å². The lowest BCUT2D eigenvalue weighted by Gasteiger charge is -2.23. The van der Waals surface area contributed by atoms with Crippen LogP contribution >= 0.6 is 11.6 Å². The standard InChI is InChI=1S/C19H20ClF3N4O2S/c20-17-14(27-8-6-11(10-27)13-3-2-7-24-13)9-12(21)19(18(17)23)30(28,29)26-16-5-1-4-15(22)25-16/h1,4-5,9,11,13,24H,2-3,6-8,10H2,(H,25,26)/t11-,13+/m1/s1. The summed E-state index contributed by atoms with van der Waals surface area (Å²) in [5, 5.41) is 2.97. The number of rotatable bonds is 5.